The lowest BCUT2D eigenvalue weighted by Crippen LogP contribution is -1.96. The van der Waals surface area contributed by atoms with E-state index in [0.29, 0.717) is 6.61 Å². The lowest BCUT2D eigenvalue weighted by molar-refractivity contribution is 0.305. The van der Waals surface area contributed by atoms with E-state index in [1.807, 2.05) is 35.1 Å². The number of nitrogens with zero attached hydrogens (tertiary/aromatic N) is 2. The summed E-state index contributed by atoms with van der Waals surface area (Å²) in [4.78, 5) is 0. The number of hydrogen-bond acceptors (Lipinski definition) is 2. The molecule has 0 fully saturated rings. The third kappa shape index (κ3) is 3.60. The third-order valence-electron chi connectivity index (χ3n) is 2.38. The van der Waals surface area contributed by atoms with Gasteiger partial charge < -0.3 is 4.74 Å². The van der Waals surface area contributed by atoms with Gasteiger partial charge in [0.1, 0.15) is 6.61 Å². The zero-order valence-electron chi connectivity index (χ0n) is 9.77. The average molecular weight is 295 g/mol. The molecule has 0 aliphatic rings. The van der Waals surface area contributed by atoms with E-state index in [4.69, 9.17) is 4.74 Å². The van der Waals surface area contributed by atoms with E-state index in [1.165, 1.54) is 0 Å². The van der Waals surface area contributed by atoms with Gasteiger partial charge in [-0.25, -0.2) is 0 Å². The van der Waals surface area contributed by atoms with Crippen LogP contribution in [0.25, 0.3) is 0 Å². The first-order valence-electron chi connectivity index (χ1n) is 5.67. The molecule has 2 rings (SSSR count). The highest BCUT2D eigenvalue weighted by atomic mass is 79.9. The molecule has 1 heterocycles. The van der Waals surface area contributed by atoms with Crippen LogP contribution in [0.2, 0.25) is 0 Å². The first-order chi connectivity index (χ1) is 8.28. The van der Waals surface area contributed by atoms with Crippen molar-refractivity contribution in [1.82, 2.24) is 9.78 Å². The van der Waals surface area contributed by atoms with Crippen LogP contribution >= 0.6 is 15.9 Å². The van der Waals surface area contributed by atoms with Crippen molar-refractivity contribution in [3.05, 3.63) is 46.7 Å². The molecule has 0 aliphatic carbocycles. The standard InChI is InChI=1S/C13H15BrN2O/c1-2-7-16-9-13(8-15-16)17-10-11-3-5-12(14)6-4-11/h3-6,8-9H,2,7,10H2,1H3. The Kier molecular flexibility index (Phi) is 4.20. The van der Waals surface area contributed by atoms with Crippen molar-refractivity contribution in [2.45, 2.75) is 26.5 Å². The zero-order valence-corrected chi connectivity index (χ0v) is 11.4. The van der Waals surface area contributed by atoms with E-state index in [2.05, 4.69) is 28.0 Å². The lowest BCUT2D eigenvalue weighted by atomic mass is 10.2. The van der Waals surface area contributed by atoms with Gasteiger partial charge in [0, 0.05) is 11.0 Å². The number of ether oxygens (including phenoxy) is 1. The Labute approximate surface area is 110 Å². The molecule has 90 valence electrons. The van der Waals surface area contributed by atoms with E-state index < -0.39 is 0 Å². The fraction of sp³-hybridized carbons (Fsp3) is 0.308. The summed E-state index contributed by atoms with van der Waals surface area (Å²) in [6, 6.07) is 8.11. The lowest BCUT2D eigenvalue weighted by Gasteiger charge is -2.03. The van der Waals surface area contributed by atoms with Crippen LogP contribution in [0.1, 0.15) is 18.9 Å². The van der Waals surface area contributed by atoms with Gasteiger partial charge in [-0.3, -0.25) is 4.68 Å². The first-order valence-corrected chi connectivity index (χ1v) is 6.47. The normalized spacial score (nSPS) is 10.5. The molecule has 3 nitrogen and oxygen atoms in total. The number of benzene rings is 1. The first kappa shape index (κ1) is 12.2. The Bertz CT molecular complexity index is 465. The molecule has 4 heteroatoms. The van der Waals surface area contributed by atoms with Crippen LogP contribution in [-0.4, -0.2) is 9.78 Å². The molecule has 0 atom stereocenters. The fourth-order valence-corrected chi connectivity index (χ4v) is 1.78. The summed E-state index contributed by atoms with van der Waals surface area (Å²) in [5.74, 6) is 0.821. The molecule has 0 saturated carbocycles. The maximum atomic E-state index is 5.66. The van der Waals surface area contributed by atoms with Gasteiger partial charge in [-0.1, -0.05) is 35.0 Å². The third-order valence-corrected chi connectivity index (χ3v) is 2.91. The Morgan fingerprint density at radius 1 is 1.29 bits per heavy atom. The number of hydrogen-bond donors (Lipinski definition) is 0. The minimum atomic E-state index is 0.575. The van der Waals surface area contributed by atoms with Crippen molar-refractivity contribution in [1.29, 1.82) is 0 Å². The molecule has 1 aromatic carbocycles. The van der Waals surface area contributed by atoms with Crippen molar-refractivity contribution >= 4 is 15.9 Å². The minimum absolute atomic E-state index is 0.575. The Balaban J connectivity index is 1.90. The van der Waals surface area contributed by atoms with Crippen LogP contribution in [0.5, 0.6) is 5.75 Å². The molecule has 0 spiro atoms. The highest BCUT2D eigenvalue weighted by Crippen LogP contribution is 2.14. The molecule has 0 N–H and O–H groups in total. The van der Waals surface area contributed by atoms with Gasteiger partial charge in [-0.15, -0.1) is 0 Å². The molecular formula is C13H15BrN2O. The highest BCUT2D eigenvalue weighted by molar-refractivity contribution is 9.10. The monoisotopic (exact) mass is 294 g/mol. The second-order valence-corrected chi connectivity index (χ2v) is 4.77. The predicted molar refractivity (Wildman–Crippen MR) is 71.0 cm³/mol. The number of aryl methyl sites for hydroxylation is 1. The Morgan fingerprint density at radius 3 is 2.76 bits per heavy atom. The summed E-state index contributed by atoms with van der Waals surface area (Å²) in [5, 5.41) is 4.22. The topological polar surface area (TPSA) is 27.1 Å². The summed E-state index contributed by atoms with van der Waals surface area (Å²) in [7, 11) is 0. The molecule has 0 radical (unpaired) electrons. The van der Waals surface area contributed by atoms with Crippen molar-refractivity contribution < 1.29 is 4.74 Å². The minimum Gasteiger partial charge on any atom is -0.486 e. The second-order valence-electron chi connectivity index (χ2n) is 3.85. The van der Waals surface area contributed by atoms with E-state index >= 15 is 0 Å². The molecular weight excluding hydrogens is 280 g/mol. The molecule has 0 unspecified atom stereocenters. The van der Waals surface area contributed by atoms with Gasteiger partial charge in [0.2, 0.25) is 0 Å². The number of rotatable bonds is 5. The molecule has 1 aromatic heterocycles. The van der Waals surface area contributed by atoms with Gasteiger partial charge in [-0.05, 0) is 24.1 Å². The van der Waals surface area contributed by atoms with Gasteiger partial charge in [0.25, 0.3) is 0 Å². The van der Waals surface area contributed by atoms with Gasteiger partial charge >= 0.3 is 0 Å². The predicted octanol–water partition coefficient (Wildman–Crippen LogP) is 3.63. The van der Waals surface area contributed by atoms with Crippen LogP contribution in [0.3, 0.4) is 0 Å². The molecule has 0 saturated heterocycles. The zero-order chi connectivity index (χ0) is 12.1. The number of aromatic nitrogens is 2. The van der Waals surface area contributed by atoms with Crippen LogP contribution in [0, 0.1) is 0 Å². The van der Waals surface area contributed by atoms with Crippen LogP contribution in [0.15, 0.2) is 41.1 Å². The van der Waals surface area contributed by atoms with Crippen molar-refractivity contribution in [2.75, 3.05) is 0 Å². The fourth-order valence-electron chi connectivity index (χ4n) is 1.52. The molecule has 17 heavy (non-hydrogen) atoms. The van der Waals surface area contributed by atoms with E-state index in [1.54, 1.807) is 6.20 Å². The van der Waals surface area contributed by atoms with Crippen molar-refractivity contribution in [3.63, 3.8) is 0 Å². The van der Waals surface area contributed by atoms with Gasteiger partial charge in [0.05, 0.1) is 12.4 Å². The maximum Gasteiger partial charge on any atom is 0.157 e. The highest BCUT2D eigenvalue weighted by Gasteiger charge is 1.99. The largest absolute Gasteiger partial charge is 0.486 e. The Hall–Kier alpha value is -1.29. The summed E-state index contributed by atoms with van der Waals surface area (Å²) in [6.07, 6.45) is 4.77. The van der Waals surface area contributed by atoms with E-state index in [-0.39, 0.29) is 0 Å². The van der Waals surface area contributed by atoms with Crippen molar-refractivity contribution in [3.8, 4) is 5.75 Å². The molecule has 2 aromatic rings. The second kappa shape index (κ2) is 5.87. The smallest absolute Gasteiger partial charge is 0.157 e. The maximum absolute atomic E-state index is 5.66. The average Bonchev–Trinajstić information content (AvgIpc) is 2.77. The SMILES string of the molecule is CCCn1cc(OCc2ccc(Br)cc2)cn1. The van der Waals surface area contributed by atoms with E-state index in [9.17, 15) is 0 Å². The molecule has 0 aliphatic heterocycles. The summed E-state index contributed by atoms with van der Waals surface area (Å²) >= 11 is 3.41. The Morgan fingerprint density at radius 2 is 2.06 bits per heavy atom. The quantitative estimate of drug-likeness (QED) is 0.842. The molecule has 0 amide bonds. The van der Waals surface area contributed by atoms with Crippen LogP contribution in [-0.2, 0) is 13.2 Å². The summed E-state index contributed by atoms with van der Waals surface area (Å²) in [6.45, 7) is 3.64. The van der Waals surface area contributed by atoms with Crippen LogP contribution in [0.4, 0.5) is 0 Å². The molecule has 0 bridgehead atoms. The van der Waals surface area contributed by atoms with Crippen LogP contribution < -0.4 is 4.74 Å². The summed E-state index contributed by atoms with van der Waals surface area (Å²) in [5.41, 5.74) is 1.15. The van der Waals surface area contributed by atoms with Gasteiger partial charge in [0.15, 0.2) is 5.75 Å². The summed E-state index contributed by atoms with van der Waals surface area (Å²) < 4.78 is 8.64. The van der Waals surface area contributed by atoms with Gasteiger partial charge in [-0.2, -0.15) is 5.10 Å². The van der Waals surface area contributed by atoms with Crippen molar-refractivity contribution in [2.24, 2.45) is 0 Å². The number of halogens is 1. The van der Waals surface area contributed by atoms with E-state index in [0.717, 1.165) is 28.8 Å².